The van der Waals surface area contributed by atoms with Gasteiger partial charge in [-0.05, 0) is 37.1 Å². The van der Waals surface area contributed by atoms with Crippen LogP contribution in [0.1, 0.15) is 45.0 Å². The summed E-state index contributed by atoms with van der Waals surface area (Å²) >= 11 is 0. The lowest BCUT2D eigenvalue weighted by molar-refractivity contribution is 0.318. The fraction of sp³-hybridized carbons (Fsp3) is 0.500. The molecule has 0 aliphatic carbocycles. The average Bonchev–Trinajstić information content (AvgIpc) is 3.05. The van der Waals surface area contributed by atoms with Crippen molar-refractivity contribution in [3.05, 3.63) is 47.1 Å². The molecule has 1 aromatic heterocycles. The van der Waals surface area contributed by atoms with Gasteiger partial charge in [-0.3, -0.25) is 0 Å². The van der Waals surface area contributed by atoms with Gasteiger partial charge < -0.3 is 15.2 Å². The Kier molecular flexibility index (Phi) is 9.07. The molecule has 0 atom stereocenters. The van der Waals surface area contributed by atoms with Crippen molar-refractivity contribution < 1.29 is 13.3 Å². The maximum absolute atomic E-state index is 13.6. The molecule has 0 amide bonds. The van der Waals surface area contributed by atoms with E-state index in [-0.39, 0.29) is 35.9 Å². The van der Waals surface area contributed by atoms with E-state index in [0.29, 0.717) is 42.7 Å². The molecule has 2 aromatic rings. The van der Waals surface area contributed by atoms with Crippen LogP contribution in [0.3, 0.4) is 0 Å². The summed E-state index contributed by atoms with van der Waals surface area (Å²) in [5, 5.41) is 10.1. The number of hydrogen-bond donors (Lipinski definition) is 2. The minimum atomic E-state index is -0.450. The summed E-state index contributed by atoms with van der Waals surface area (Å²) in [5.41, 5.74) is 0.105. The summed E-state index contributed by atoms with van der Waals surface area (Å²) in [5.74, 6) is 0.724. The van der Waals surface area contributed by atoms with E-state index in [1.54, 1.807) is 0 Å². The number of aromatic nitrogens is 2. The molecule has 2 rings (SSSR count). The molecule has 2 N–H and O–H groups in total. The smallest absolute Gasteiger partial charge is 0.232 e. The van der Waals surface area contributed by atoms with E-state index in [1.165, 1.54) is 6.07 Å². The van der Waals surface area contributed by atoms with E-state index in [2.05, 4.69) is 25.8 Å². The Morgan fingerprint density at radius 3 is 2.59 bits per heavy atom. The zero-order valence-electron chi connectivity index (χ0n) is 16.0. The van der Waals surface area contributed by atoms with Gasteiger partial charge in [0.1, 0.15) is 18.2 Å². The van der Waals surface area contributed by atoms with E-state index in [9.17, 15) is 8.78 Å². The van der Waals surface area contributed by atoms with E-state index >= 15 is 0 Å². The van der Waals surface area contributed by atoms with Gasteiger partial charge in [0.15, 0.2) is 11.8 Å². The molecule has 0 spiro atoms. The number of nitrogens with zero attached hydrogens (tertiary/aromatic N) is 3. The predicted octanol–water partition coefficient (Wildman–Crippen LogP) is 3.56. The predicted molar refractivity (Wildman–Crippen MR) is 111 cm³/mol. The van der Waals surface area contributed by atoms with Crippen molar-refractivity contribution in [1.82, 2.24) is 20.8 Å². The first kappa shape index (κ1) is 23.3. The fourth-order valence-electron chi connectivity index (χ4n) is 2.16. The minimum absolute atomic E-state index is 0. The standard InChI is InChI=1S/C18H25F2N5O.HI/c1-5-21-17(22-9-8-12-10-13(19)6-7-14(12)20)23-11-15-24-16(26-25-15)18(2,3)4;/h6-7,10H,5,8-9,11H2,1-4H3,(H2,21,22,23);1H. The third kappa shape index (κ3) is 7.39. The highest BCUT2D eigenvalue weighted by atomic mass is 127. The first-order valence-corrected chi connectivity index (χ1v) is 8.58. The maximum Gasteiger partial charge on any atom is 0.232 e. The van der Waals surface area contributed by atoms with Gasteiger partial charge >= 0.3 is 0 Å². The van der Waals surface area contributed by atoms with Gasteiger partial charge in [-0.15, -0.1) is 24.0 Å². The molecule has 0 aliphatic rings. The van der Waals surface area contributed by atoms with Crippen molar-refractivity contribution in [3.8, 4) is 0 Å². The molecule has 6 nitrogen and oxygen atoms in total. The Morgan fingerprint density at radius 1 is 1.22 bits per heavy atom. The number of nitrogens with one attached hydrogen (secondary N) is 2. The van der Waals surface area contributed by atoms with Crippen molar-refractivity contribution in [2.24, 2.45) is 4.99 Å². The van der Waals surface area contributed by atoms with Crippen molar-refractivity contribution in [3.63, 3.8) is 0 Å². The van der Waals surface area contributed by atoms with Gasteiger partial charge in [0, 0.05) is 18.5 Å². The van der Waals surface area contributed by atoms with Gasteiger partial charge in [-0.2, -0.15) is 4.98 Å². The largest absolute Gasteiger partial charge is 0.357 e. The Balaban J connectivity index is 0.00000364. The lowest BCUT2D eigenvalue weighted by Gasteiger charge is -2.11. The van der Waals surface area contributed by atoms with Crippen LogP contribution in [0.2, 0.25) is 0 Å². The Bertz CT molecular complexity index is 758. The highest BCUT2D eigenvalue weighted by Gasteiger charge is 2.21. The number of guanidine groups is 1. The lowest BCUT2D eigenvalue weighted by atomic mass is 9.97. The van der Waals surface area contributed by atoms with Crippen molar-refractivity contribution >= 4 is 29.9 Å². The molecule has 0 bridgehead atoms. The normalized spacial score (nSPS) is 11.9. The maximum atomic E-state index is 13.6. The molecular weight excluding hydrogens is 467 g/mol. The molecule has 0 fully saturated rings. The molecule has 27 heavy (non-hydrogen) atoms. The summed E-state index contributed by atoms with van der Waals surface area (Å²) in [7, 11) is 0. The van der Waals surface area contributed by atoms with Crippen molar-refractivity contribution in [1.29, 1.82) is 0 Å². The second kappa shape index (κ2) is 10.5. The number of hydrogen-bond acceptors (Lipinski definition) is 4. The molecular formula is C18H26F2IN5O. The van der Waals surface area contributed by atoms with E-state index < -0.39 is 11.6 Å². The van der Waals surface area contributed by atoms with Crippen LogP contribution in [0.4, 0.5) is 8.78 Å². The van der Waals surface area contributed by atoms with E-state index in [1.807, 2.05) is 27.7 Å². The number of rotatable bonds is 6. The Labute approximate surface area is 175 Å². The van der Waals surface area contributed by atoms with Crippen LogP contribution in [0.25, 0.3) is 0 Å². The number of aliphatic imine (C=N–C) groups is 1. The third-order valence-electron chi connectivity index (χ3n) is 3.53. The summed E-state index contributed by atoms with van der Waals surface area (Å²) < 4.78 is 32.1. The molecule has 0 radical (unpaired) electrons. The quantitative estimate of drug-likeness (QED) is 0.366. The molecule has 150 valence electrons. The highest BCUT2D eigenvalue weighted by molar-refractivity contribution is 14.0. The van der Waals surface area contributed by atoms with Crippen molar-refractivity contribution in [2.75, 3.05) is 13.1 Å². The third-order valence-corrected chi connectivity index (χ3v) is 3.53. The minimum Gasteiger partial charge on any atom is -0.357 e. The van der Waals surface area contributed by atoms with Crippen LogP contribution in [-0.2, 0) is 18.4 Å². The highest BCUT2D eigenvalue weighted by Crippen LogP contribution is 2.19. The average molecular weight is 493 g/mol. The molecule has 1 heterocycles. The first-order valence-electron chi connectivity index (χ1n) is 8.58. The van der Waals surface area contributed by atoms with Gasteiger partial charge in [-0.1, -0.05) is 25.9 Å². The topological polar surface area (TPSA) is 75.3 Å². The van der Waals surface area contributed by atoms with Gasteiger partial charge in [-0.25, -0.2) is 13.8 Å². The number of benzene rings is 1. The van der Waals surface area contributed by atoms with E-state index in [0.717, 1.165) is 12.1 Å². The fourth-order valence-corrected chi connectivity index (χ4v) is 2.16. The molecule has 1 aromatic carbocycles. The van der Waals surface area contributed by atoms with Crippen LogP contribution in [0, 0.1) is 11.6 Å². The monoisotopic (exact) mass is 493 g/mol. The Morgan fingerprint density at radius 2 is 1.96 bits per heavy atom. The van der Waals surface area contributed by atoms with Gasteiger partial charge in [0.2, 0.25) is 5.89 Å². The lowest BCUT2D eigenvalue weighted by Crippen LogP contribution is -2.38. The van der Waals surface area contributed by atoms with E-state index in [4.69, 9.17) is 4.52 Å². The molecule has 0 saturated heterocycles. The first-order chi connectivity index (χ1) is 12.3. The number of halogens is 3. The van der Waals surface area contributed by atoms with Crippen LogP contribution in [0.15, 0.2) is 27.7 Å². The van der Waals surface area contributed by atoms with Crippen molar-refractivity contribution in [2.45, 2.75) is 46.1 Å². The van der Waals surface area contributed by atoms with Crippen LogP contribution >= 0.6 is 24.0 Å². The molecule has 0 aliphatic heterocycles. The van der Waals surface area contributed by atoms with Crippen LogP contribution < -0.4 is 10.6 Å². The summed E-state index contributed by atoms with van der Waals surface area (Å²) in [6.45, 7) is 9.24. The molecule has 9 heteroatoms. The summed E-state index contributed by atoms with van der Waals surface area (Å²) in [6.07, 6.45) is 0.338. The molecule has 0 unspecified atom stereocenters. The van der Waals surface area contributed by atoms with Gasteiger partial charge in [0.25, 0.3) is 0 Å². The zero-order chi connectivity index (χ0) is 19.2. The van der Waals surface area contributed by atoms with Crippen LogP contribution in [0.5, 0.6) is 0 Å². The summed E-state index contributed by atoms with van der Waals surface area (Å²) in [4.78, 5) is 8.72. The van der Waals surface area contributed by atoms with Gasteiger partial charge in [0.05, 0.1) is 0 Å². The van der Waals surface area contributed by atoms with Crippen LogP contribution in [-0.4, -0.2) is 29.2 Å². The second-order valence-corrected chi connectivity index (χ2v) is 6.87. The zero-order valence-corrected chi connectivity index (χ0v) is 18.3. The molecule has 0 saturated carbocycles. The second-order valence-electron chi connectivity index (χ2n) is 6.87. The SMILES string of the molecule is CCNC(=NCc1noc(C(C)(C)C)n1)NCCc1cc(F)ccc1F.I. The Hall–Kier alpha value is -1.78. The summed E-state index contributed by atoms with van der Waals surface area (Å²) in [6, 6.07) is 3.44.